The quantitative estimate of drug-likeness (QED) is 0.669. The molecule has 6 nitrogen and oxygen atoms in total. The number of primary amides is 1. The van der Waals surface area contributed by atoms with E-state index in [4.69, 9.17) is 5.73 Å². The lowest BCUT2D eigenvalue weighted by Gasteiger charge is -2.23. The molecule has 1 aromatic heterocycles. The SMILES string of the molecule is Cc1cc(F)ccc1-c1nc(N(C(N)=O)c2c(F)cccc2F)ccc1C(=O)N(C)C. The van der Waals surface area contributed by atoms with Crippen LogP contribution in [0.1, 0.15) is 15.9 Å². The fourth-order valence-electron chi connectivity index (χ4n) is 3.13. The van der Waals surface area contributed by atoms with Gasteiger partial charge in [-0.15, -0.1) is 0 Å². The first-order valence-corrected chi connectivity index (χ1v) is 9.14. The number of nitrogens with two attached hydrogens (primary N) is 1. The van der Waals surface area contributed by atoms with E-state index in [0.29, 0.717) is 16.0 Å². The monoisotopic (exact) mass is 428 g/mol. The summed E-state index contributed by atoms with van der Waals surface area (Å²) in [5.41, 5.74) is 5.86. The van der Waals surface area contributed by atoms with Gasteiger partial charge in [0, 0.05) is 19.7 Å². The fourth-order valence-corrected chi connectivity index (χ4v) is 3.13. The van der Waals surface area contributed by atoms with Gasteiger partial charge >= 0.3 is 6.03 Å². The molecule has 0 aliphatic rings. The van der Waals surface area contributed by atoms with E-state index in [9.17, 15) is 22.8 Å². The van der Waals surface area contributed by atoms with E-state index in [2.05, 4.69) is 4.98 Å². The molecule has 2 aromatic carbocycles. The van der Waals surface area contributed by atoms with Crippen molar-refractivity contribution in [2.45, 2.75) is 6.92 Å². The number of pyridine rings is 1. The molecule has 0 atom stereocenters. The number of nitrogens with zero attached hydrogens (tertiary/aromatic N) is 3. The largest absolute Gasteiger partial charge is 0.351 e. The van der Waals surface area contributed by atoms with Crippen LogP contribution < -0.4 is 10.6 Å². The molecule has 160 valence electrons. The number of halogens is 3. The fraction of sp³-hybridized carbons (Fsp3) is 0.136. The van der Waals surface area contributed by atoms with Crippen LogP contribution >= 0.6 is 0 Å². The first-order valence-electron chi connectivity index (χ1n) is 9.14. The average molecular weight is 428 g/mol. The van der Waals surface area contributed by atoms with Crippen molar-refractivity contribution in [1.29, 1.82) is 0 Å². The van der Waals surface area contributed by atoms with Gasteiger partial charge in [-0.25, -0.2) is 27.8 Å². The maximum Gasteiger partial charge on any atom is 0.325 e. The molecule has 3 aromatic rings. The Morgan fingerprint density at radius 2 is 1.61 bits per heavy atom. The molecule has 3 amide bonds. The minimum Gasteiger partial charge on any atom is -0.351 e. The third kappa shape index (κ3) is 4.20. The Morgan fingerprint density at radius 3 is 2.16 bits per heavy atom. The number of aryl methyl sites for hydroxylation is 1. The molecule has 0 aliphatic carbocycles. The predicted octanol–water partition coefficient (Wildman–Crippen LogP) is 4.39. The number of anilines is 2. The Balaban J connectivity index is 2.29. The summed E-state index contributed by atoms with van der Waals surface area (Å²) in [4.78, 5) is 31.1. The summed E-state index contributed by atoms with van der Waals surface area (Å²) in [6.45, 7) is 1.62. The number of carbonyl (C=O) groups excluding carboxylic acids is 2. The van der Waals surface area contributed by atoms with Gasteiger partial charge in [-0.2, -0.15) is 0 Å². The van der Waals surface area contributed by atoms with Crippen molar-refractivity contribution in [3.8, 4) is 11.3 Å². The minimum atomic E-state index is -1.18. The smallest absolute Gasteiger partial charge is 0.325 e. The number of para-hydroxylation sites is 1. The zero-order chi connectivity index (χ0) is 22.9. The normalized spacial score (nSPS) is 10.6. The maximum absolute atomic E-state index is 14.4. The lowest BCUT2D eigenvalue weighted by atomic mass is 10.00. The number of hydrogen-bond donors (Lipinski definition) is 1. The number of carbonyl (C=O) groups is 2. The van der Waals surface area contributed by atoms with Crippen molar-refractivity contribution in [1.82, 2.24) is 9.88 Å². The summed E-state index contributed by atoms with van der Waals surface area (Å²) in [5.74, 6) is -3.13. The second-order valence-electron chi connectivity index (χ2n) is 6.97. The van der Waals surface area contributed by atoms with Gasteiger partial charge in [0.15, 0.2) is 0 Å². The number of aromatic nitrogens is 1. The highest BCUT2D eigenvalue weighted by Gasteiger charge is 2.26. The molecule has 3 rings (SSSR count). The van der Waals surface area contributed by atoms with Gasteiger partial charge in [-0.05, 0) is 55.0 Å². The van der Waals surface area contributed by atoms with Crippen LogP contribution in [0.3, 0.4) is 0 Å². The Morgan fingerprint density at radius 1 is 0.968 bits per heavy atom. The molecule has 0 aliphatic heterocycles. The Bertz CT molecular complexity index is 1160. The Hall–Kier alpha value is -3.88. The summed E-state index contributed by atoms with van der Waals surface area (Å²) in [6, 6.07) is 8.44. The predicted molar refractivity (Wildman–Crippen MR) is 110 cm³/mol. The third-order valence-corrected chi connectivity index (χ3v) is 4.57. The average Bonchev–Trinajstić information content (AvgIpc) is 2.69. The summed E-state index contributed by atoms with van der Waals surface area (Å²) < 4.78 is 42.4. The molecule has 0 bridgehead atoms. The van der Waals surface area contributed by atoms with Crippen LogP contribution in [0.15, 0.2) is 48.5 Å². The standard InChI is InChI=1S/C22H19F3N4O2/c1-12-11-13(23)7-8-14(12)19-15(21(30)28(2)3)9-10-18(27-19)29(22(26)31)20-16(24)5-4-6-17(20)25/h4-11H,1-3H3,(H2,26,31). The highest BCUT2D eigenvalue weighted by Crippen LogP contribution is 2.33. The molecule has 2 N–H and O–H groups in total. The van der Waals surface area contributed by atoms with Gasteiger partial charge < -0.3 is 10.6 Å². The molecular weight excluding hydrogens is 409 g/mol. The number of amides is 3. The second kappa shape index (κ2) is 8.47. The van der Waals surface area contributed by atoms with E-state index in [1.54, 1.807) is 21.0 Å². The molecule has 0 spiro atoms. The number of rotatable bonds is 4. The number of urea groups is 1. The number of hydrogen-bond acceptors (Lipinski definition) is 3. The summed E-state index contributed by atoms with van der Waals surface area (Å²) >= 11 is 0. The van der Waals surface area contributed by atoms with Crippen LogP contribution in [0.25, 0.3) is 11.3 Å². The molecule has 0 saturated carbocycles. The zero-order valence-corrected chi connectivity index (χ0v) is 17.0. The van der Waals surface area contributed by atoms with Gasteiger partial charge in [0.25, 0.3) is 5.91 Å². The van der Waals surface area contributed by atoms with E-state index >= 15 is 0 Å². The molecule has 1 heterocycles. The van der Waals surface area contributed by atoms with Gasteiger partial charge in [0.2, 0.25) is 0 Å². The van der Waals surface area contributed by atoms with E-state index in [1.165, 1.54) is 35.2 Å². The van der Waals surface area contributed by atoms with Crippen molar-refractivity contribution in [2.75, 3.05) is 19.0 Å². The van der Waals surface area contributed by atoms with Crippen molar-refractivity contribution < 1.29 is 22.8 Å². The summed E-state index contributed by atoms with van der Waals surface area (Å²) in [7, 11) is 3.09. The van der Waals surface area contributed by atoms with Gasteiger partial charge in [0.1, 0.15) is 29.0 Å². The minimum absolute atomic E-state index is 0.108. The Kier molecular flexibility index (Phi) is 5.96. The van der Waals surface area contributed by atoms with Crippen molar-refractivity contribution >= 4 is 23.4 Å². The molecular formula is C22H19F3N4O2. The van der Waals surface area contributed by atoms with Crippen molar-refractivity contribution in [2.24, 2.45) is 5.73 Å². The third-order valence-electron chi connectivity index (χ3n) is 4.57. The highest BCUT2D eigenvalue weighted by atomic mass is 19.1. The van der Waals surface area contributed by atoms with E-state index < -0.39 is 35.1 Å². The van der Waals surface area contributed by atoms with Gasteiger partial charge in [-0.1, -0.05) is 6.07 Å². The number of benzene rings is 2. The van der Waals surface area contributed by atoms with Crippen LogP contribution in [0.4, 0.5) is 29.5 Å². The molecule has 0 fully saturated rings. The zero-order valence-electron chi connectivity index (χ0n) is 17.0. The molecule has 31 heavy (non-hydrogen) atoms. The summed E-state index contributed by atoms with van der Waals surface area (Å²) in [6.07, 6.45) is 0. The molecule has 0 radical (unpaired) electrons. The lowest BCUT2D eigenvalue weighted by Crippen LogP contribution is -2.34. The highest BCUT2D eigenvalue weighted by molar-refractivity contribution is 6.02. The van der Waals surface area contributed by atoms with Gasteiger partial charge in [0.05, 0.1) is 11.3 Å². The molecule has 9 heteroatoms. The Labute approximate surface area is 176 Å². The van der Waals surface area contributed by atoms with Crippen molar-refractivity contribution in [3.05, 3.63) is 77.1 Å². The van der Waals surface area contributed by atoms with E-state index in [-0.39, 0.29) is 17.1 Å². The first kappa shape index (κ1) is 21.8. The van der Waals surface area contributed by atoms with Crippen LogP contribution in [-0.4, -0.2) is 35.9 Å². The van der Waals surface area contributed by atoms with Crippen LogP contribution in [-0.2, 0) is 0 Å². The lowest BCUT2D eigenvalue weighted by molar-refractivity contribution is 0.0828. The first-order chi connectivity index (χ1) is 14.6. The van der Waals surface area contributed by atoms with Gasteiger partial charge in [-0.3, -0.25) is 4.79 Å². The van der Waals surface area contributed by atoms with Crippen LogP contribution in [0, 0.1) is 24.4 Å². The summed E-state index contributed by atoms with van der Waals surface area (Å²) in [5, 5.41) is 0. The van der Waals surface area contributed by atoms with E-state index in [1.807, 2.05) is 0 Å². The van der Waals surface area contributed by atoms with Crippen LogP contribution in [0.2, 0.25) is 0 Å². The van der Waals surface area contributed by atoms with Crippen LogP contribution in [0.5, 0.6) is 0 Å². The second-order valence-corrected chi connectivity index (χ2v) is 6.97. The molecule has 0 saturated heterocycles. The molecule has 0 unspecified atom stereocenters. The van der Waals surface area contributed by atoms with E-state index in [0.717, 1.165) is 18.2 Å². The topological polar surface area (TPSA) is 79.5 Å². The van der Waals surface area contributed by atoms with Crippen molar-refractivity contribution in [3.63, 3.8) is 0 Å². The maximum atomic E-state index is 14.4.